The zero-order chi connectivity index (χ0) is 14.8. The zero-order valence-corrected chi connectivity index (χ0v) is 12.3. The summed E-state index contributed by atoms with van der Waals surface area (Å²) in [6, 6.07) is 6.75. The molecule has 4 nitrogen and oxygen atoms in total. The number of nitrogens with two attached hydrogens (primary N) is 1. The van der Waals surface area contributed by atoms with Crippen LogP contribution in [-0.2, 0) is 13.1 Å². The molecule has 1 saturated carbocycles. The van der Waals surface area contributed by atoms with Crippen molar-refractivity contribution in [1.82, 2.24) is 9.88 Å². The van der Waals surface area contributed by atoms with Crippen LogP contribution in [0.3, 0.4) is 0 Å². The summed E-state index contributed by atoms with van der Waals surface area (Å²) in [6.45, 7) is 0.611. The number of hydrogen-bond donors (Lipinski definition) is 1. The summed E-state index contributed by atoms with van der Waals surface area (Å²) in [6.07, 6.45) is 1.93. The summed E-state index contributed by atoms with van der Waals surface area (Å²) >= 11 is 1.38. The number of aromatic nitrogens is 1. The van der Waals surface area contributed by atoms with E-state index in [0.717, 1.165) is 17.8 Å². The highest BCUT2D eigenvalue weighted by Crippen LogP contribution is 2.30. The van der Waals surface area contributed by atoms with Crippen LogP contribution in [0.15, 0.2) is 29.6 Å². The van der Waals surface area contributed by atoms with E-state index in [4.69, 9.17) is 5.73 Å². The van der Waals surface area contributed by atoms with Crippen LogP contribution in [0.5, 0.6) is 0 Å². The number of thiazole rings is 1. The Balaban J connectivity index is 1.81. The second-order valence-corrected chi connectivity index (χ2v) is 6.03. The molecule has 0 aliphatic heterocycles. The number of rotatable bonds is 5. The molecule has 0 saturated heterocycles. The molecule has 1 aliphatic rings. The van der Waals surface area contributed by atoms with Crippen molar-refractivity contribution in [1.29, 1.82) is 0 Å². The number of benzene rings is 1. The van der Waals surface area contributed by atoms with Gasteiger partial charge in [0.25, 0.3) is 5.91 Å². The summed E-state index contributed by atoms with van der Waals surface area (Å²) in [5.74, 6) is -0.423. The molecule has 1 aromatic carbocycles. The average Bonchev–Trinajstić information content (AvgIpc) is 3.22. The average molecular weight is 305 g/mol. The molecule has 2 aromatic rings. The molecule has 21 heavy (non-hydrogen) atoms. The minimum Gasteiger partial charge on any atom is -0.330 e. The number of carbonyl (C=O) groups excluding carboxylic acids is 1. The Kier molecular flexibility index (Phi) is 3.98. The van der Waals surface area contributed by atoms with Gasteiger partial charge in [-0.3, -0.25) is 4.79 Å². The van der Waals surface area contributed by atoms with Crippen LogP contribution in [-0.4, -0.2) is 21.8 Å². The molecule has 1 aromatic heterocycles. The molecule has 110 valence electrons. The molecule has 1 aliphatic carbocycles. The van der Waals surface area contributed by atoms with Gasteiger partial charge in [0.1, 0.15) is 16.5 Å². The van der Waals surface area contributed by atoms with Crippen molar-refractivity contribution < 1.29 is 9.18 Å². The number of hydrogen-bond acceptors (Lipinski definition) is 4. The van der Waals surface area contributed by atoms with Gasteiger partial charge in [-0.15, -0.1) is 11.3 Å². The molecule has 1 amide bonds. The Morgan fingerprint density at radius 2 is 2.19 bits per heavy atom. The summed E-state index contributed by atoms with van der Waals surface area (Å²) < 4.78 is 13.8. The maximum absolute atomic E-state index is 13.8. The Bertz CT molecular complexity index is 654. The predicted molar refractivity (Wildman–Crippen MR) is 79.3 cm³/mol. The first kappa shape index (κ1) is 14.2. The molecule has 2 N–H and O–H groups in total. The molecule has 1 heterocycles. The second kappa shape index (κ2) is 5.91. The summed E-state index contributed by atoms with van der Waals surface area (Å²) in [5, 5.41) is 2.46. The normalized spacial score (nSPS) is 14.2. The molecule has 1 fully saturated rings. The Morgan fingerprint density at radius 1 is 1.43 bits per heavy atom. The van der Waals surface area contributed by atoms with E-state index in [2.05, 4.69) is 4.98 Å². The number of nitrogens with zero attached hydrogens (tertiary/aromatic N) is 2. The van der Waals surface area contributed by atoms with E-state index in [9.17, 15) is 9.18 Å². The van der Waals surface area contributed by atoms with E-state index < -0.39 is 0 Å². The monoisotopic (exact) mass is 305 g/mol. The van der Waals surface area contributed by atoms with E-state index in [1.165, 1.54) is 17.4 Å². The fourth-order valence-electron chi connectivity index (χ4n) is 2.21. The fourth-order valence-corrected chi connectivity index (χ4v) is 2.86. The number of carbonyl (C=O) groups is 1. The first-order chi connectivity index (χ1) is 10.2. The van der Waals surface area contributed by atoms with Crippen molar-refractivity contribution in [2.45, 2.75) is 32.0 Å². The number of halogens is 1. The predicted octanol–water partition coefficient (Wildman–Crippen LogP) is 2.55. The van der Waals surface area contributed by atoms with E-state index in [1.54, 1.807) is 28.5 Å². The van der Waals surface area contributed by atoms with Crippen LogP contribution in [0.25, 0.3) is 0 Å². The third-order valence-electron chi connectivity index (χ3n) is 3.49. The Morgan fingerprint density at radius 3 is 2.81 bits per heavy atom. The van der Waals surface area contributed by atoms with Gasteiger partial charge in [0.05, 0.1) is 0 Å². The van der Waals surface area contributed by atoms with Gasteiger partial charge in [0.15, 0.2) is 0 Å². The molecular weight excluding hydrogens is 289 g/mol. The van der Waals surface area contributed by atoms with Gasteiger partial charge in [-0.2, -0.15) is 0 Å². The SMILES string of the molecule is NCc1nc(C(=O)N(Cc2ccccc2F)C2CC2)cs1. The van der Waals surface area contributed by atoms with E-state index in [-0.39, 0.29) is 24.3 Å². The van der Waals surface area contributed by atoms with Crippen molar-refractivity contribution in [3.05, 3.63) is 51.7 Å². The largest absolute Gasteiger partial charge is 0.330 e. The minimum atomic E-state index is -0.281. The lowest BCUT2D eigenvalue weighted by Crippen LogP contribution is -2.33. The van der Waals surface area contributed by atoms with Gasteiger partial charge >= 0.3 is 0 Å². The quantitative estimate of drug-likeness (QED) is 0.923. The molecule has 0 spiro atoms. The van der Waals surface area contributed by atoms with E-state index in [1.807, 2.05) is 0 Å². The molecule has 3 rings (SSSR count). The summed E-state index contributed by atoms with van der Waals surface area (Å²) in [7, 11) is 0. The second-order valence-electron chi connectivity index (χ2n) is 5.09. The minimum absolute atomic E-state index is 0.142. The summed E-state index contributed by atoms with van der Waals surface area (Å²) in [5.41, 5.74) is 6.47. The maximum Gasteiger partial charge on any atom is 0.273 e. The van der Waals surface area contributed by atoms with Gasteiger partial charge in [0.2, 0.25) is 0 Å². The highest BCUT2D eigenvalue weighted by atomic mass is 32.1. The van der Waals surface area contributed by atoms with Crippen LogP contribution < -0.4 is 5.73 Å². The van der Waals surface area contributed by atoms with Crippen LogP contribution in [0.4, 0.5) is 4.39 Å². The molecule has 6 heteroatoms. The smallest absolute Gasteiger partial charge is 0.273 e. The first-order valence-corrected chi connectivity index (χ1v) is 7.76. The highest BCUT2D eigenvalue weighted by Gasteiger charge is 2.34. The van der Waals surface area contributed by atoms with Crippen LogP contribution in [0.2, 0.25) is 0 Å². The lowest BCUT2D eigenvalue weighted by Gasteiger charge is -2.21. The van der Waals surface area contributed by atoms with Crippen LogP contribution >= 0.6 is 11.3 Å². The topological polar surface area (TPSA) is 59.2 Å². The summed E-state index contributed by atoms with van der Waals surface area (Å²) in [4.78, 5) is 18.5. The van der Waals surface area contributed by atoms with Gasteiger partial charge in [-0.05, 0) is 18.9 Å². The van der Waals surface area contributed by atoms with Gasteiger partial charge in [-0.25, -0.2) is 9.37 Å². The van der Waals surface area contributed by atoms with Crippen LogP contribution in [0.1, 0.15) is 33.9 Å². The maximum atomic E-state index is 13.8. The van der Waals surface area contributed by atoms with Crippen molar-refractivity contribution >= 4 is 17.2 Å². The van der Waals surface area contributed by atoms with Crippen molar-refractivity contribution in [3.63, 3.8) is 0 Å². The third kappa shape index (κ3) is 3.11. The molecule has 0 atom stereocenters. The van der Waals surface area contributed by atoms with Crippen LogP contribution in [0, 0.1) is 5.82 Å². The Hall–Kier alpha value is -1.79. The van der Waals surface area contributed by atoms with Gasteiger partial charge in [-0.1, -0.05) is 18.2 Å². The highest BCUT2D eigenvalue weighted by molar-refractivity contribution is 7.09. The Labute approximate surface area is 126 Å². The lowest BCUT2D eigenvalue weighted by molar-refractivity contribution is 0.0723. The lowest BCUT2D eigenvalue weighted by atomic mass is 10.2. The fraction of sp³-hybridized carbons (Fsp3) is 0.333. The standard InChI is InChI=1S/C15H16FN3OS/c16-12-4-2-1-3-10(12)8-19(11-5-6-11)15(20)13-9-21-14(7-17)18-13/h1-4,9,11H,5-8,17H2. The van der Waals surface area contributed by atoms with E-state index in [0.29, 0.717) is 17.8 Å². The molecule has 0 unspecified atom stereocenters. The molecule has 0 bridgehead atoms. The zero-order valence-electron chi connectivity index (χ0n) is 11.5. The van der Waals surface area contributed by atoms with Crippen molar-refractivity contribution in [2.75, 3.05) is 0 Å². The van der Waals surface area contributed by atoms with Gasteiger partial charge < -0.3 is 10.6 Å². The first-order valence-electron chi connectivity index (χ1n) is 6.88. The van der Waals surface area contributed by atoms with Crippen molar-refractivity contribution in [3.8, 4) is 0 Å². The third-order valence-corrected chi connectivity index (χ3v) is 4.36. The number of amides is 1. The molecular formula is C15H16FN3OS. The van der Waals surface area contributed by atoms with Gasteiger partial charge in [0, 0.05) is 30.1 Å². The van der Waals surface area contributed by atoms with E-state index >= 15 is 0 Å². The molecule has 0 radical (unpaired) electrons. The van der Waals surface area contributed by atoms with Crippen molar-refractivity contribution in [2.24, 2.45) is 5.73 Å².